The molecule has 0 heterocycles. The molecule has 0 radical (unpaired) electrons. The van der Waals surface area contributed by atoms with Crippen molar-refractivity contribution in [2.45, 2.75) is 43.7 Å². The predicted molar refractivity (Wildman–Crippen MR) is 78.9 cm³/mol. The summed E-state index contributed by atoms with van der Waals surface area (Å²) >= 11 is 1.47. The first kappa shape index (κ1) is 14.9. The fourth-order valence-electron chi connectivity index (χ4n) is 2.14. The number of hydrogen-bond acceptors (Lipinski definition) is 3. The third-order valence-corrected chi connectivity index (χ3v) is 4.61. The number of hydrogen-bond donors (Lipinski definition) is 1. The van der Waals surface area contributed by atoms with Gasteiger partial charge in [0.25, 0.3) is 0 Å². The lowest BCUT2D eigenvalue weighted by Gasteiger charge is -2.26. The van der Waals surface area contributed by atoms with Gasteiger partial charge in [-0.05, 0) is 38.3 Å². The lowest BCUT2D eigenvalue weighted by atomic mass is 10.2. The van der Waals surface area contributed by atoms with Crippen molar-refractivity contribution in [2.24, 2.45) is 0 Å². The molecule has 0 aromatic heterocycles. The smallest absolute Gasteiger partial charge is 0.326 e. The van der Waals surface area contributed by atoms with Crippen LogP contribution in [-0.4, -0.2) is 39.7 Å². The van der Waals surface area contributed by atoms with Crippen molar-refractivity contribution in [3.05, 3.63) is 29.8 Å². The third-order valence-electron chi connectivity index (χ3n) is 3.45. The molecular formula is C15H19NO3S. The van der Waals surface area contributed by atoms with Crippen LogP contribution >= 0.6 is 11.8 Å². The van der Waals surface area contributed by atoms with Gasteiger partial charge in [-0.1, -0.05) is 18.2 Å². The van der Waals surface area contributed by atoms with E-state index in [1.54, 1.807) is 6.92 Å². The second-order valence-corrected chi connectivity index (χ2v) is 6.12. The second-order valence-electron chi connectivity index (χ2n) is 5.10. The Balaban J connectivity index is 1.99. The summed E-state index contributed by atoms with van der Waals surface area (Å²) < 4.78 is 0. The Morgan fingerprint density at radius 2 is 2.05 bits per heavy atom. The van der Waals surface area contributed by atoms with Gasteiger partial charge in [0.1, 0.15) is 6.04 Å². The minimum absolute atomic E-state index is 0.0874. The zero-order chi connectivity index (χ0) is 14.7. The maximum Gasteiger partial charge on any atom is 0.326 e. The molecule has 0 aliphatic heterocycles. The van der Waals surface area contributed by atoms with Crippen molar-refractivity contribution in [1.29, 1.82) is 0 Å². The third kappa shape index (κ3) is 3.54. The van der Waals surface area contributed by atoms with Gasteiger partial charge in [-0.2, -0.15) is 0 Å². The van der Waals surface area contributed by atoms with Crippen molar-refractivity contribution in [1.82, 2.24) is 4.90 Å². The first-order chi connectivity index (χ1) is 9.50. The van der Waals surface area contributed by atoms with Gasteiger partial charge in [0.15, 0.2) is 0 Å². The number of nitrogens with zero attached hydrogens (tertiary/aromatic N) is 1. The first-order valence-corrected chi connectivity index (χ1v) is 7.71. The van der Waals surface area contributed by atoms with E-state index in [9.17, 15) is 9.59 Å². The summed E-state index contributed by atoms with van der Waals surface area (Å²) in [5.74, 6) is -0.735. The van der Waals surface area contributed by atoms with Gasteiger partial charge in [0.05, 0.1) is 5.75 Å². The number of carboxylic acid groups (broad SMARTS) is 1. The second kappa shape index (κ2) is 6.31. The number of carbonyl (C=O) groups is 2. The van der Waals surface area contributed by atoms with Crippen LogP contribution in [0, 0.1) is 6.92 Å². The Kier molecular flexibility index (Phi) is 4.70. The van der Waals surface area contributed by atoms with Crippen molar-refractivity contribution in [3.8, 4) is 0 Å². The molecule has 1 atom stereocenters. The van der Waals surface area contributed by atoms with Crippen LogP contribution in [0.4, 0.5) is 0 Å². The summed E-state index contributed by atoms with van der Waals surface area (Å²) in [5, 5.41) is 9.11. The fraction of sp³-hybridized carbons (Fsp3) is 0.467. The molecule has 2 rings (SSSR count). The molecule has 5 heteroatoms. The monoisotopic (exact) mass is 293 g/mol. The molecule has 1 aromatic carbocycles. The van der Waals surface area contributed by atoms with E-state index in [-0.39, 0.29) is 11.9 Å². The molecule has 1 unspecified atom stereocenters. The van der Waals surface area contributed by atoms with Crippen LogP contribution in [0.3, 0.4) is 0 Å². The van der Waals surface area contributed by atoms with Gasteiger partial charge in [0.2, 0.25) is 5.91 Å². The van der Waals surface area contributed by atoms with E-state index in [4.69, 9.17) is 5.11 Å². The average Bonchev–Trinajstić information content (AvgIpc) is 3.22. The Hall–Kier alpha value is -1.49. The molecule has 1 aromatic rings. The normalized spacial score (nSPS) is 15.7. The summed E-state index contributed by atoms with van der Waals surface area (Å²) in [6.45, 7) is 3.59. The van der Waals surface area contributed by atoms with E-state index >= 15 is 0 Å². The summed E-state index contributed by atoms with van der Waals surface area (Å²) in [6.07, 6.45) is 1.83. The summed E-state index contributed by atoms with van der Waals surface area (Å²) in [5.41, 5.74) is 1.13. The molecule has 0 bridgehead atoms. The summed E-state index contributed by atoms with van der Waals surface area (Å²) in [7, 11) is 0. The highest BCUT2D eigenvalue weighted by atomic mass is 32.2. The lowest BCUT2D eigenvalue weighted by Crippen LogP contribution is -2.45. The van der Waals surface area contributed by atoms with Crippen LogP contribution in [0.15, 0.2) is 29.2 Å². The number of aryl methyl sites for hydroxylation is 1. The molecule has 20 heavy (non-hydrogen) atoms. The Morgan fingerprint density at radius 3 is 2.60 bits per heavy atom. The maximum atomic E-state index is 12.3. The lowest BCUT2D eigenvalue weighted by molar-refractivity contribution is -0.148. The highest BCUT2D eigenvalue weighted by Crippen LogP contribution is 2.30. The van der Waals surface area contributed by atoms with Gasteiger partial charge >= 0.3 is 5.97 Å². The topological polar surface area (TPSA) is 57.6 Å². The van der Waals surface area contributed by atoms with Crippen molar-refractivity contribution >= 4 is 23.6 Å². The molecule has 1 fully saturated rings. The van der Waals surface area contributed by atoms with Crippen LogP contribution in [0.2, 0.25) is 0 Å². The molecule has 1 aliphatic carbocycles. The van der Waals surface area contributed by atoms with Crippen molar-refractivity contribution in [3.63, 3.8) is 0 Å². The van der Waals surface area contributed by atoms with Crippen LogP contribution < -0.4 is 0 Å². The molecule has 1 aliphatic rings. The minimum Gasteiger partial charge on any atom is -0.480 e. The number of rotatable bonds is 6. The van der Waals surface area contributed by atoms with E-state index in [1.165, 1.54) is 16.7 Å². The van der Waals surface area contributed by atoms with Crippen molar-refractivity contribution in [2.75, 3.05) is 5.75 Å². The molecule has 1 N–H and O–H groups in total. The maximum absolute atomic E-state index is 12.3. The highest BCUT2D eigenvalue weighted by molar-refractivity contribution is 8.00. The zero-order valence-corrected chi connectivity index (χ0v) is 12.5. The average molecular weight is 293 g/mol. The van der Waals surface area contributed by atoms with Gasteiger partial charge in [-0.3, -0.25) is 4.79 Å². The largest absolute Gasteiger partial charge is 0.480 e. The van der Waals surface area contributed by atoms with Crippen LogP contribution in [0.5, 0.6) is 0 Å². The highest BCUT2D eigenvalue weighted by Gasteiger charge is 2.38. The van der Waals surface area contributed by atoms with Gasteiger partial charge in [-0.25, -0.2) is 4.79 Å². The van der Waals surface area contributed by atoms with Crippen LogP contribution in [0.25, 0.3) is 0 Å². The molecule has 0 saturated heterocycles. The standard InChI is InChI=1S/C15H19NO3S/c1-10-5-3-4-6-13(10)20-9-14(17)16(12-7-8-12)11(2)15(18)19/h3-6,11-12H,7-9H2,1-2H3,(H,18,19). The summed E-state index contributed by atoms with van der Waals surface area (Å²) in [4.78, 5) is 26.0. The van der Waals surface area contributed by atoms with Gasteiger partial charge in [0, 0.05) is 10.9 Å². The van der Waals surface area contributed by atoms with E-state index in [1.807, 2.05) is 31.2 Å². The number of thioether (sulfide) groups is 1. The summed E-state index contributed by atoms with van der Waals surface area (Å²) in [6, 6.07) is 7.27. The van der Waals surface area contributed by atoms with Crippen LogP contribution in [0.1, 0.15) is 25.3 Å². The predicted octanol–water partition coefficient (Wildman–Crippen LogP) is 2.55. The van der Waals surface area contributed by atoms with Gasteiger partial charge < -0.3 is 10.0 Å². The van der Waals surface area contributed by atoms with E-state index < -0.39 is 12.0 Å². The quantitative estimate of drug-likeness (QED) is 0.819. The SMILES string of the molecule is Cc1ccccc1SCC(=O)N(C1CC1)C(C)C(=O)O. The number of carbonyl (C=O) groups excluding carboxylic acids is 1. The van der Waals surface area contributed by atoms with E-state index in [0.717, 1.165) is 23.3 Å². The Labute approximate surface area is 123 Å². The van der Waals surface area contributed by atoms with E-state index in [0.29, 0.717) is 5.75 Å². The molecule has 108 valence electrons. The first-order valence-electron chi connectivity index (χ1n) is 6.73. The Bertz CT molecular complexity index is 514. The molecular weight excluding hydrogens is 274 g/mol. The van der Waals surface area contributed by atoms with Crippen LogP contribution in [-0.2, 0) is 9.59 Å². The Morgan fingerprint density at radius 1 is 1.40 bits per heavy atom. The van der Waals surface area contributed by atoms with Gasteiger partial charge in [-0.15, -0.1) is 11.8 Å². The molecule has 1 amide bonds. The molecule has 1 saturated carbocycles. The molecule has 4 nitrogen and oxygen atoms in total. The zero-order valence-electron chi connectivity index (χ0n) is 11.7. The minimum atomic E-state index is -0.939. The number of amides is 1. The molecule has 0 spiro atoms. The fourth-order valence-corrected chi connectivity index (χ4v) is 3.04. The number of aliphatic carboxylic acids is 1. The van der Waals surface area contributed by atoms with Crippen molar-refractivity contribution < 1.29 is 14.7 Å². The number of benzene rings is 1. The van der Waals surface area contributed by atoms with E-state index in [2.05, 4.69) is 0 Å². The number of carboxylic acids is 1.